The van der Waals surface area contributed by atoms with Gasteiger partial charge in [0, 0.05) is 35.8 Å². The first-order chi connectivity index (χ1) is 12.9. The molecule has 0 unspecified atom stereocenters. The van der Waals surface area contributed by atoms with Gasteiger partial charge in [0.25, 0.3) is 0 Å². The Morgan fingerprint density at radius 1 is 1.07 bits per heavy atom. The largest absolute Gasteiger partial charge is 0.366 e. The maximum Gasteiger partial charge on any atom is 0.167 e. The van der Waals surface area contributed by atoms with E-state index >= 15 is 0 Å². The van der Waals surface area contributed by atoms with Crippen molar-refractivity contribution in [3.05, 3.63) is 57.6 Å². The molecule has 0 fully saturated rings. The molecule has 0 aliphatic carbocycles. The number of hydrogen-bond acceptors (Lipinski definition) is 3. The maximum absolute atomic E-state index is 6.28. The fourth-order valence-corrected chi connectivity index (χ4v) is 3.18. The Hall–Kier alpha value is -2.30. The Morgan fingerprint density at radius 2 is 1.85 bits per heavy atom. The molecule has 27 heavy (non-hydrogen) atoms. The summed E-state index contributed by atoms with van der Waals surface area (Å²) in [5, 5.41) is 5.31. The first-order valence-electron chi connectivity index (χ1n) is 8.67. The molecule has 0 atom stereocenters. The molecule has 1 aromatic heterocycles. The number of hydrogen-bond donors (Lipinski definition) is 0. The normalized spacial score (nSPS) is 11.3. The fraction of sp³-hybridized carbons (Fsp3) is 0.238. The monoisotopic (exact) mass is 401 g/mol. The SMILES string of the molecule is CCN(C)C=Nc1cc(C)c(-c2cc(-c3ccc(Cl)cc3Cl)no2)cc1C. The number of benzene rings is 2. The quantitative estimate of drug-likeness (QED) is 0.359. The number of rotatable bonds is 5. The van der Waals surface area contributed by atoms with Crippen LogP contribution in [0.2, 0.25) is 10.0 Å². The number of halogens is 2. The van der Waals surface area contributed by atoms with Crippen LogP contribution in [-0.4, -0.2) is 30.0 Å². The van der Waals surface area contributed by atoms with E-state index in [1.165, 1.54) is 0 Å². The smallest absolute Gasteiger partial charge is 0.167 e. The van der Waals surface area contributed by atoms with Crippen LogP contribution in [0.4, 0.5) is 5.69 Å². The van der Waals surface area contributed by atoms with E-state index in [2.05, 4.69) is 29.2 Å². The molecule has 140 valence electrons. The van der Waals surface area contributed by atoms with E-state index in [4.69, 9.17) is 27.7 Å². The lowest BCUT2D eigenvalue weighted by atomic mass is 10.0. The second-order valence-corrected chi connectivity index (χ2v) is 7.32. The van der Waals surface area contributed by atoms with Gasteiger partial charge in [-0.3, -0.25) is 0 Å². The zero-order valence-electron chi connectivity index (χ0n) is 15.8. The van der Waals surface area contributed by atoms with Crippen LogP contribution in [0.3, 0.4) is 0 Å². The van der Waals surface area contributed by atoms with Crippen LogP contribution in [0.25, 0.3) is 22.6 Å². The molecule has 0 saturated heterocycles. The van der Waals surface area contributed by atoms with E-state index in [-0.39, 0.29) is 0 Å². The molecule has 3 aromatic rings. The molecular weight excluding hydrogens is 381 g/mol. The van der Waals surface area contributed by atoms with Gasteiger partial charge >= 0.3 is 0 Å². The van der Waals surface area contributed by atoms with E-state index in [1.54, 1.807) is 12.1 Å². The summed E-state index contributed by atoms with van der Waals surface area (Å²) < 4.78 is 5.59. The number of nitrogens with zero attached hydrogens (tertiary/aromatic N) is 3. The Bertz CT molecular complexity index is 995. The van der Waals surface area contributed by atoms with Gasteiger partial charge in [-0.1, -0.05) is 28.4 Å². The Kier molecular flexibility index (Phi) is 5.88. The highest BCUT2D eigenvalue weighted by molar-refractivity contribution is 6.36. The van der Waals surface area contributed by atoms with Gasteiger partial charge in [0.1, 0.15) is 5.69 Å². The average molecular weight is 402 g/mol. The topological polar surface area (TPSA) is 41.6 Å². The molecule has 0 aliphatic rings. The van der Waals surface area contributed by atoms with Gasteiger partial charge in [-0.2, -0.15) is 0 Å². The van der Waals surface area contributed by atoms with Crippen LogP contribution in [-0.2, 0) is 0 Å². The molecule has 4 nitrogen and oxygen atoms in total. The molecule has 0 radical (unpaired) electrons. The van der Waals surface area contributed by atoms with Gasteiger partial charge < -0.3 is 9.42 Å². The van der Waals surface area contributed by atoms with Crippen molar-refractivity contribution in [2.24, 2.45) is 4.99 Å². The molecule has 3 rings (SSSR count). The molecule has 0 amide bonds. The van der Waals surface area contributed by atoms with Crippen LogP contribution in [0, 0.1) is 13.8 Å². The lowest BCUT2D eigenvalue weighted by Gasteiger charge is -2.10. The summed E-state index contributed by atoms with van der Waals surface area (Å²) in [7, 11) is 2.00. The minimum atomic E-state index is 0.542. The molecule has 0 aliphatic heterocycles. The lowest BCUT2D eigenvalue weighted by Crippen LogP contribution is -2.14. The van der Waals surface area contributed by atoms with Crippen LogP contribution in [0.1, 0.15) is 18.1 Å². The molecule has 0 bridgehead atoms. The van der Waals surface area contributed by atoms with Crippen LogP contribution in [0.15, 0.2) is 45.9 Å². The summed E-state index contributed by atoms with van der Waals surface area (Å²) in [5.41, 5.74) is 5.52. The summed E-state index contributed by atoms with van der Waals surface area (Å²) >= 11 is 12.3. The van der Waals surface area contributed by atoms with Crippen molar-refractivity contribution < 1.29 is 4.52 Å². The van der Waals surface area contributed by atoms with Gasteiger partial charge in [-0.15, -0.1) is 0 Å². The first kappa shape index (κ1) is 19.5. The van der Waals surface area contributed by atoms with Gasteiger partial charge in [-0.25, -0.2) is 4.99 Å². The zero-order chi connectivity index (χ0) is 19.6. The van der Waals surface area contributed by atoms with E-state index in [9.17, 15) is 0 Å². The molecule has 0 N–H and O–H groups in total. The Morgan fingerprint density at radius 3 is 2.56 bits per heavy atom. The third-order valence-corrected chi connectivity index (χ3v) is 4.97. The minimum Gasteiger partial charge on any atom is -0.366 e. The van der Waals surface area contributed by atoms with Crippen molar-refractivity contribution >= 4 is 35.2 Å². The summed E-state index contributed by atoms with van der Waals surface area (Å²) in [6.45, 7) is 7.07. The molecular formula is C21H21Cl2N3O. The summed E-state index contributed by atoms with van der Waals surface area (Å²) in [6.07, 6.45) is 1.84. The third kappa shape index (κ3) is 4.34. The van der Waals surface area contributed by atoms with Crippen LogP contribution in [0.5, 0.6) is 0 Å². The van der Waals surface area contributed by atoms with Gasteiger partial charge in [0.05, 0.1) is 17.0 Å². The molecule has 6 heteroatoms. The molecule has 0 spiro atoms. The van der Waals surface area contributed by atoms with E-state index < -0.39 is 0 Å². The van der Waals surface area contributed by atoms with E-state index in [0.717, 1.165) is 34.5 Å². The van der Waals surface area contributed by atoms with Crippen LogP contribution < -0.4 is 0 Å². The highest BCUT2D eigenvalue weighted by Crippen LogP contribution is 2.35. The van der Waals surface area contributed by atoms with Gasteiger partial charge in [0.2, 0.25) is 0 Å². The highest BCUT2D eigenvalue weighted by atomic mass is 35.5. The van der Waals surface area contributed by atoms with Gasteiger partial charge in [0.15, 0.2) is 5.76 Å². The van der Waals surface area contributed by atoms with Crippen molar-refractivity contribution in [1.82, 2.24) is 10.1 Å². The van der Waals surface area contributed by atoms with Crippen molar-refractivity contribution in [3.63, 3.8) is 0 Å². The van der Waals surface area contributed by atoms with Crippen LogP contribution >= 0.6 is 23.2 Å². The number of aliphatic imine (C=N–C) groups is 1. The van der Waals surface area contributed by atoms with E-state index in [0.29, 0.717) is 21.5 Å². The maximum atomic E-state index is 6.28. The van der Waals surface area contributed by atoms with Crippen molar-refractivity contribution in [1.29, 1.82) is 0 Å². The fourth-order valence-electron chi connectivity index (χ4n) is 2.67. The Balaban J connectivity index is 1.95. The summed E-state index contributed by atoms with van der Waals surface area (Å²) in [5.74, 6) is 0.692. The lowest BCUT2D eigenvalue weighted by molar-refractivity contribution is 0.434. The second-order valence-electron chi connectivity index (χ2n) is 6.47. The van der Waals surface area contributed by atoms with Crippen molar-refractivity contribution in [2.75, 3.05) is 13.6 Å². The Labute approximate surface area is 169 Å². The number of aryl methyl sites for hydroxylation is 2. The molecule has 1 heterocycles. The predicted octanol–water partition coefficient (Wildman–Crippen LogP) is 6.54. The number of aromatic nitrogens is 1. The predicted molar refractivity (Wildman–Crippen MR) is 113 cm³/mol. The van der Waals surface area contributed by atoms with E-state index in [1.807, 2.05) is 44.3 Å². The third-order valence-electron chi connectivity index (χ3n) is 4.42. The van der Waals surface area contributed by atoms with Crippen molar-refractivity contribution in [3.8, 4) is 22.6 Å². The zero-order valence-corrected chi connectivity index (χ0v) is 17.3. The first-order valence-corrected chi connectivity index (χ1v) is 9.42. The van der Waals surface area contributed by atoms with Crippen molar-refractivity contribution in [2.45, 2.75) is 20.8 Å². The molecule has 2 aromatic carbocycles. The average Bonchev–Trinajstić information content (AvgIpc) is 3.11. The second kappa shape index (κ2) is 8.15. The summed E-state index contributed by atoms with van der Waals surface area (Å²) in [4.78, 5) is 6.60. The standard InChI is InChI=1S/C21H21Cl2N3O/c1-5-26(4)12-24-19-9-13(2)17(8-14(19)3)21-11-20(25-27-21)16-7-6-15(22)10-18(16)23/h6-12H,5H2,1-4H3. The summed E-state index contributed by atoms with van der Waals surface area (Å²) in [6, 6.07) is 11.3. The minimum absolute atomic E-state index is 0.542. The van der Waals surface area contributed by atoms with Gasteiger partial charge in [-0.05, 0) is 62.2 Å². The highest BCUT2D eigenvalue weighted by Gasteiger charge is 2.14. The molecule has 0 saturated carbocycles.